The molecule has 0 spiro atoms. The lowest BCUT2D eigenvalue weighted by atomic mass is 9.92. The largest absolute Gasteiger partial charge is 0.482 e. The first-order chi connectivity index (χ1) is 18.7. The maximum Gasteiger partial charge on any atom is 0.278 e. The summed E-state index contributed by atoms with van der Waals surface area (Å²) in [6, 6.07) is 23.4. The number of amides is 1. The van der Waals surface area contributed by atoms with Crippen molar-refractivity contribution in [3.8, 4) is 5.75 Å². The molecule has 4 aromatic rings. The van der Waals surface area contributed by atoms with Gasteiger partial charge in [0, 0.05) is 31.2 Å². The van der Waals surface area contributed by atoms with Gasteiger partial charge in [-0.05, 0) is 47.2 Å². The van der Waals surface area contributed by atoms with E-state index in [9.17, 15) is 9.59 Å². The molecule has 38 heavy (non-hydrogen) atoms. The number of hydrogen-bond donors (Lipinski definition) is 0. The van der Waals surface area contributed by atoms with Gasteiger partial charge in [0.15, 0.2) is 11.4 Å². The fourth-order valence-corrected chi connectivity index (χ4v) is 5.24. The van der Waals surface area contributed by atoms with Gasteiger partial charge in [0.25, 0.3) is 5.91 Å². The second-order valence-electron chi connectivity index (χ2n) is 9.48. The summed E-state index contributed by atoms with van der Waals surface area (Å²) in [5, 5.41) is 2.14. The fraction of sp³-hybridized carbons (Fsp3) is 0.194. The van der Waals surface area contributed by atoms with Crippen LogP contribution in [-0.4, -0.2) is 33.7 Å². The molecule has 0 radical (unpaired) electrons. The van der Waals surface area contributed by atoms with Crippen molar-refractivity contribution in [1.29, 1.82) is 0 Å². The van der Waals surface area contributed by atoms with E-state index in [4.69, 9.17) is 4.74 Å². The molecule has 2 aromatic heterocycles. The molecule has 0 fully saturated rings. The molecule has 1 atom stereocenters. The molecule has 1 amide bonds. The number of aryl methyl sites for hydroxylation is 1. The Kier molecular flexibility index (Phi) is 6.48. The summed E-state index contributed by atoms with van der Waals surface area (Å²) in [6.07, 6.45) is 11.2. The lowest BCUT2D eigenvalue weighted by molar-refractivity contribution is 0.0698. The normalized spacial score (nSPS) is 17.7. The average Bonchev–Trinajstić information content (AvgIpc) is 2.99. The van der Waals surface area contributed by atoms with Crippen molar-refractivity contribution < 1.29 is 9.53 Å². The van der Waals surface area contributed by atoms with Gasteiger partial charge in [-0.15, -0.1) is 0 Å². The Hall–Kier alpha value is -4.65. The van der Waals surface area contributed by atoms with E-state index < -0.39 is 0 Å². The summed E-state index contributed by atoms with van der Waals surface area (Å²) >= 11 is 0. The Morgan fingerprint density at radius 3 is 2.53 bits per heavy atom. The van der Waals surface area contributed by atoms with E-state index in [1.807, 2.05) is 53.2 Å². The zero-order valence-electron chi connectivity index (χ0n) is 20.9. The van der Waals surface area contributed by atoms with Gasteiger partial charge in [-0.25, -0.2) is 0 Å². The van der Waals surface area contributed by atoms with Crippen molar-refractivity contribution in [3.05, 3.63) is 142 Å². The number of fused-ring (bicyclic) bond motifs is 5. The van der Waals surface area contributed by atoms with Crippen molar-refractivity contribution >= 4 is 5.91 Å². The number of nitrogens with zero attached hydrogens (tertiary/aromatic N) is 4. The Bertz CT molecular complexity index is 1530. The zero-order chi connectivity index (χ0) is 25.9. The van der Waals surface area contributed by atoms with Crippen LogP contribution in [0.1, 0.15) is 45.2 Å². The van der Waals surface area contributed by atoms with Gasteiger partial charge < -0.3 is 9.64 Å². The summed E-state index contributed by atoms with van der Waals surface area (Å²) in [7, 11) is 0. The molecule has 2 aliphatic heterocycles. The smallest absolute Gasteiger partial charge is 0.278 e. The topological polar surface area (TPSA) is 67.7 Å². The van der Waals surface area contributed by atoms with Crippen LogP contribution in [0, 0.1) is 0 Å². The van der Waals surface area contributed by atoms with Gasteiger partial charge in [-0.3, -0.25) is 24.3 Å². The third-order valence-electron chi connectivity index (χ3n) is 7.09. The second-order valence-corrected chi connectivity index (χ2v) is 9.48. The molecule has 2 aliphatic rings. The number of allylic oxidation sites excluding steroid dienone is 1. The maximum absolute atomic E-state index is 13.9. The van der Waals surface area contributed by atoms with Crippen LogP contribution in [0.25, 0.3) is 0 Å². The first-order valence-corrected chi connectivity index (χ1v) is 12.8. The van der Waals surface area contributed by atoms with E-state index in [1.165, 1.54) is 11.6 Å². The van der Waals surface area contributed by atoms with Gasteiger partial charge in [0.05, 0.1) is 6.04 Å². The summed E-state index contributed by atoms with van der Waals surface area (Å²) < 4.78 is 7.89. The van der Waals surface area contributed by atoms with Crippen LogP contribution in [0.15, 0.2) is 108 Å². The van der Waals surface area contributed by atoms with Crippen molar-refractivity contribution in [2.75, 3.05) is 18.2 Å². The SMILES string of the molecule is O=C1c2c(OCc3ccccc3)c(=O)ccn2N2CN1C/C=C\CCc1ccccc1[C@H]2c1ccncc1. The molecule has 7 heteroatoms. The van der Waals surface area contributed by atoms with E-state index in [1.54, 1.807) is 23.5 Å². The fourth-order valence-electron chi connectivity index (χ4n) is 5.24. The Morgan fingerprint density at radius 1 is 0.895 bits per heavy atom. The molecule has 0 N–H and O–H groups in total. The molecule has 2 bridgehead atoms. The van der Waals surface area contributed by atoms with Crippen LogP contribution in [0.4, 0.5) is 0 Å². The summed E-state index contributed by atoms with van der Waals surface area (Å²) in [5.74, 6) is -0.163. The third-order valence-corrected chi connectivity index (χ3v) is 7.09. The van der Waals surface area contributed by atoms with Crippen molar-refractivity contribution in [2.24, 2.45) is 0 Å². The average molecular weight is 505 g/mol. The second kappa shape index (κ2) is 10.4. The lowest BCUT2D eigenvalue weighted by Gasteiger charge is -2.44. The quantitative estimate of drug-likeness (QED) is 0.384. The van der Waals surface area contributed by atoms with Gasteiger partial charge in [0.1, 0.15) is 13.3 Å². The Morgan fingerprint density at radius 2 is 1.68 bits per heavy atom. The zero-order valence-corrected chi connectivity index (χ0v) is 20.9. The molecule has 190 valence electrons. The highest BCUT2D eigenvalue weighted by atomic mass is 16.5. The van der Waals surface area contributed by atoms with Crippen molar-refractivity contribution in [3.63, 3.8) is 0 Å². The highest BCUT2D eigenvalue weighted by Gasteiger charge is 2.37. The number of hydrogen-bond acceptors (Lipinski definition) is 5. The van der Waals surface area contributed by atoms with Gasteiger partial charge in [0.2, 0.25) is 5.43 Å². The molecule has 4 heterocycles. The van der Waals surface area contributed by atoms with Gasteiger partial charge in [-0.2, -0.15) is 0 Å². The van der Waals surface area contributed by atoms with E-state index in [0.29, 0.717) is 13.2 Å². The minimum Gasteiger partial charge on any atom is -0.482 e. The van der Waals surface area contributed by atoms with Crippen LogP contribution in [0.2, 0.25) is 0 Å². The van der Waals surface area contributed by atoms with Crippen LogP contribution in [0.3, 0.4) is 0 Å². The summed E-state index contributed by atoms with van der Waals surface area (Å²) in [5.41, 5.74) is 4.29. The lowest BCUT2D eigenvalue weighted by Crippen LogP contribution is -2.55. The molecular weight excluding hydrogens is 476 g/mol. The minimum atomic E-state index is -0.317. The number of rotatable bonds is 4. The highest BCUT2D eigenvalue weighted by Crippen LogP contribution is 2.34. The molecule has 7 nitrogen and oxygen atoms in total. The van der Waals surface area contributed by atoms with E-state index in [2.05, 4.69) is 40.3 Å². The number of pyridine rings is 2. The molecule has 2 aromatic carbocycles. The van der Waals surface area contributed by atoms with Crippen LogP contribution < -0.4 is 15.2 Å². The van der Waals surface area contributed by atoms with Gasteiger partial charge >= 0.3 is 0 Å². The standard InChI is InChI=1S/C31H28N4O3/c36-27-16-20-34-29(30(27)38-21-23-9-3-1-4-10-23)31(37)33-19-8-2-5-11-24-12-6-7-13-26(24)28(35(34)22-33)25-14-17-32-18-15-25/h1-4,6-10,12-18,20,28H,5,11,19,21-22H2/b8-2-/t28-/m1/s1. The predicted molar refractivity (Wildman–Crippen MR) is 146 cm³/mol. The highest BCUT2D eigenvalue weighted by molar-refractivity contribution is 5.96. The van der Waals surface area contributed by atoms with Crippen molar-refractivity contribution in [2.45, 2.75) is 25.5 Å². The number of carbonyl (C=O) groups is 1. The molecule has 6 rings (SSSR count). The third kappa shape index (κ3) is 4.47. The Balaban J connectivity index is 1.54. The number of aromatic nitrogens is 2. The van der Waals surface area contributed by atoms with Crippen LogP contribution in [0.5, 0.6) is 5.75 Å². The molecule has 0 saturated heterocycles. The molecule has 0 unspecified atom stereocenters. The summed E-state index contributed by atoms with van der Waals surface area (Å²) in [4.78, 5) is 33.0. The van der Waals surface area contributed by atoms with Crippen LogP contribution >= 0.6 is 0 Å². The number of carbonyl (C=O) groups excluding carboxylic acids is 1. The maximum atomic E-state index is 13.9. The van der Waals surface area contributed by atoms with E-state index in [0.717, 1.165) is 29.5 Å². The first-order valence-electron chi connectivity index (χ1n) is 12.8. The first kappa shape index (κ1) is 23.7. The van der Waals surface area contributed by atoms with E-state index >= 15 is 0 Å². The monoisotopic (exact) mass is 504 g/mol. The molecular formula is C31H28N4O3. The summed E-state index contributed by atoms with van der Waals surface area (Å²) in [6.45, 7) is 0.978. The Labute approximate surface area is 221 Å². The van der Waals surface area contributed by atoms with Crippen molar-refractivity contribution in [1.82, 2.24) is 14.6 Å². The van der Waals surface area contributed by atoms with E-state index in [-0.39, 0.29) is 35.4 Å². The number of ether oxygens (including phenoxy) is 1. The molecule has 0 saturated carbocycles. The van der Waals surface area contributed by atoms with Gasteiger partial charge in [-0.1, -0.05) is 66.7 Å². The molecule has 0 aliphatic carbocycles. The predicted octanol–water partition coefficient (Wildman–Crippen LogP) is 4.47. The van der Waals surface area contributed by atoms with Crippen LogP contribution in [-0.2, 0) is 13.0 Å². The number of benzene rings is 2. The minimum absolute atomic E-state index is 0.0664.